The molecule has 0 radical (unpaired) electrons. The van der Waals surface area contributed by atoms with Crippen LogP contribution in [-0.2, 0) is 16.1 Å². The third-order valence-electron chi connectivity index (χ3n) is 6.59. The molecule has 10 heteroatoms. The van der Waals surface area contributed by atoms with Gasteiger partial charge in [0.05, 0.1) is 4.91 Å². The predicted octanol–water partition coefficient (Wildman–Crippen LogP) is 4.13. The maximum Gasteiger partial charge on any atom is 0.303 e. The number of thiocarbonyl (C=S) groups is 1. The highest BCUT2D eigenvalue weighted by molar-refractivity contribution is 8.26. The van der Waals surface area contributed by atoms with Crippen molar-refractivity contribution in [3.8, 4) is 6.07 Å². The molecular weight excluding hydrogens is 484 g/mol. The first-order valence-corrected chi connectivity index (χ1v) is 13.3. The van der Waals surface area contributed by atoms with Crippen LogP contribution in [0.2, 0.25) is 0 Å². The number of anilines is 1. The monoisotopic (exact) mass is 516 g/mol. The van der Waals surface area contributed by atoms with Gasteiger partial charge in [0.25, 0.3) is 11.5 Å². The van der Waals surface area contributed by atoms with Crippen LogP contribution >= 0.6 is 24.0 Å². The van der Waals surface area contributed by atoms with Gasteiger partial charge in [0, 0.05) is 38.2 Å². The first-order chi connectivity index (χ1) is 16.7. The number of carboxylic acid groups (broad SMARTS) is 1. The zero-order chi connectivity index (χ0) is 25.7. The average Bonchev–Trinajstić information content (AvgIpc) is 3.08. The largest absolute Gasteiger partial charge is 0.481 e. The molecular formula is C25H32N4O4S2. The van der Waals surface area contributed by atoms with Crippen molar-refractivity contribution < 1.29 is 14.7 Å². The highest BCUT2D eigenvalue weighted by Crippen LogP contribution is 2.37. The average molecular weight is 517 g/mol. The van der Waals surface area contributed by atoms with E-state index in [0.29, 0.717) is 39.2 Å². The van der Waals surface area contributed by atoms with E-state index in [1.54, 1.807) is 17.6 Å². The molecule has 1 aromatic heterocycles. The number of aliphatic carboxylic acids is 1. The Morgan fingerprint density at radius 1 is 1.26 bits per heavy atom. The van der Waals surface area contributed by atoms with Gasteiger partial charge in [-0.25, -0.2) is 0 Å². The van der Waals surface area contributed by atoms with E-state index in [-0.39, 0.29) is 30.0 Å². The van der Waals surface area contributed by atoms with Gasteiger partial charge < -0.3 is 10.0 Å². The van der Waals surface area contributed by atoms with Crippen LogP contribution in [-0.4, -0.2) is 50.4 Å². The number of pyridine rings is 1. The number of carboxylic acids is 1. The Morgan fingerprint density at radius 3 is 2.54 bits per heavy atom. The first-order valence-electron chi connectivity index (χ1n) is 12.1. The smallest absolute Gasteiger partial charge is 0.303 e. The molecule has 0 spiro atoms. The maximum absolute atomic E-state index is 13.3. The Morgan fingerprint density at radius 2 is 1.94 bits per heavy atom. The third-order valence-corrected chi connectivity index (χ3v) is 7.96. The molecule has 0 aromatic carbocycles. The van der Waals surface area contributed by atoms with Gasteiger partial charge in [-0.2, -0.15) is 5.26 Å². The molecule has 1 aromatic rings. The van der Waals surface area contributed by atoms with Crippen LogP contribution < -0.4 is 10.5 Å². The molecule has 2 aliphatic heterocycles. The summed E-state index contributed by atoms with van der Waals surface area (Å²) >= 11 is 6.58. The number of piperidine rings is 1. The second kappa shape index (κ2) is 11.9. The number of aromatic nitrogens is 1. The normalized spacial score (nSPS) is 17.9. The van der Waals surface area contributed by atoms with E-state index >= 15 is 0 Å². The number of unbranched alkanes of at least 4 members (excludes halogenated alkanes) is 1. The van der Waals surface area contributed by atoms with E-state index in [1.807, 2.05) is 0 Å². The maximum atomic E-state index is 13.3. The summed E-state index contributed by atoms with van der Waals surface area (Å²) in [6, 6.07) is 2.09. The molecule has 35 heavy (non-hydrogen) atoms. The number of amides is 1. The Balaban J connectivity index is 2.11. The number of carbonyl (C=O) groups excluding carboxylic acids is 1. The predicted molar refractivity (Wildman–Crippen MR) is 142 cm³/mol. The number of thioether (sulfide) groups is 1. The van der Waals surface area contributed by atoms with Crippen LogP contribution in [0.5, 0.6) is 0 Å². The van der Waals surface area contributed by atoms with E-state index < -0.39 is 5.97 Å². The van der Waals surface area contributed by atoms with Gasteiger partial charge in [-0.3, -0.25) is 23.9 Å². The molecule has 0 bridgehead atoms. The molecule has 0 unspecified atom stereocenters. The lowest BCUT2D eigenvalue weighted by atomic mass is 9.97. The fourth-order valence-electron chi connectivity index (χ4n) is 4.44. The molecule has 8 nitrogen and oxygen atoms in total. The third kappa shape index (κ3) is 5.96. The van der Waals surface area contributed by atoms with Gasteiger partial charge >= 0.3 is 5.97 Å². The van der Waals surface area contributed by atoms with E-state index in [2.05, 4.69) is 24.8 Å². The molecule has 2 aliphatic rings. The first kappa shape index (κ1) is 27.0. The Hall–Kier alpha value is -2.64. The highest BCUT2D eigenvalue weighted by Gasteiger charge is 2.33. The van der Waals surface area contributed by atoms with Crippen molar-refractivity contribution in [2.45, 2.75) is 65.8 Å². The molecule has 1 amide bonds. The Bertz CT molecular complexity index is 1140. The summed E-state index contributed by atoms with van der Waals surface area (Å²) in [6.07, 6.45) is 5.76. The van der Waals surface area contributed by atoms with Gasteiger partial charge in [-0.1, -0.05) is 44.2 Å². The lowest BCUT2D eigenvalue weighted by Gasteiger charge is -2.35. The van der Waals surface area contributed by atoms with Crippen LogP contribution in [0.1, 0.15) is 69.1 Å². The summed E-state index contributed by atoms with van der Waals surface area (Å²) in [5.41, 5.74) is 1.08. The molecule has 0 atom stereocenters. The lowest BCUT2D eigenvalue weighted by molar-refractivity contribution is -0.137. The number of nitriles is 1. The van der Waals surface area contributed by atoms with Gasteiger partial charge in [0.1, 0.15) is 21.8 Å². The Kier molecular flexibility index (Phi) is 9.14. The van der Waals surface area contributed by atoms with Crippen molar-refractivity contribution in [1.82, 2.24) is 9.47 Å². The van der Waals surface area contributed by atoms with Crippen molar-refractivity contribution in [3.05, 3.63) is 31.9 Å². The number of hydrogen-bond acceptors (Lipinski definition) is 7. The number of carbonyl (C=O) groups is 2. The molecule has 188 valence electrons. The van der Waals surface area contributed by atoms with Crippen LogP contribution in [0.15, 0.2) is 9.70 Å². The van der Waals surface area contributed by atoms with E-state index in [0.717, 1.165) is 44.6 Å². The molecule has 1 N–H and O–H groups in total. The van der Waals surface area contributed by atoms with Gasteiger partial charge in [0.2, 0.25) is 0 Å². The zero-order valence-electron chi connectivity index (χ0n) is 20.5. The SMILES string of the molecule is CCCCn1c(N2CCC(C)CC2)c(/C=C2\SC(=S)N(CCCC(=O)O)C2=O)c(C)c(C#N)c1=O. The molecule has 0 saturated carbocycles. The molecule has 0 aliphatic carbocycles. The Labute approximate surface area is 215 Å². The number of rotatable bonds is 9. The topological polar surface area (TPSA) is 107 Å². The van der Waals surface area contributed by atoms with E-state index in [1.165, 1.54) is 16.7 Å². The fourth-order valence-corrected chi connectivity index (χ4v) is 5.73. The molecule has 3 heterocycles. The van der Waals surface area contributed by atoms with Gasteiger partial charge in [-0.15, -0.1) is 0 Å². The summed E-state index contributed by atoms with van der Waals surface area (Å²) < 4.78 is 2.10. The van der Waals surface area contributed by atoms with Crippen molar-refractivity contribution in [3.63, 3.8) is 0 Å². The molecule has 2 saturated heterocycles. The van der Waals surface area contributed by atoms with Gasteiger partial charge in [-0.05, 0) is 50.2 Å². The van der Waals surface area contributed by atoms with Crippen LogP contribution in [0.4, 0.5) is 5.82 Å². The molecule has 3 rings (SSSR count). The summed E-state index contributed by atoms with van der Waals surface area (Å²) in [5, 5.41) is 18.7. The summed E-state index contributed by atoms with van der Waals surface area (Å²) in [6.45, 7) is 8.39. The minimum absolute atomic E-state index is 0.0410. The van der Waals surface area contributed by atoms with Crippen molar-refractivity contribution in [2.24, 2.45) is 5.92 Å². The fraction of sp³-hybridized carbons (Fsp3) is 0.560. The lowest BCUT2D eigenvalue weighted by Crippen LogP contribution is -2.39. The second-order valence-corrected chi connectivity index (χ2v) is 10.8. The van der Waals surface area contributed by atoms with Crippen molar-refractivity contribution >= 4 is 52.1 Å². The highest BCUT2D eigenvalue weighted by atomic mass is 32.2. The van der Waals surface area contributed by atoms with Crippen molar-refractivity contribution in [2.75, 3.05) is 24.5 Å². The summed E-state index contributed by atoms with van der Waals surface area (Å²) in [5.74, 6) is 0.184. The standard InChI is InChI=1S/C25H32N4O4S2/c1-4-5-10-28-22(27-12-8-16(2)9-13-27)18(17(3)19(15-26)23(28)32)14-20-24(33)29(25(34)35-20)11-6-7-21(30)31/h14,16H,4-13H2,1-3H3,(H,30,31)/b20-14-. The van der Waals surface area contributed by atoms with Gasteiger partial charge in [0.15, 0.2) is 0 Å². The number of nitrogens with zero attached hydrogens (tertiary/aromatic N) is 4. The van der Waals surface area contributed by atoms with Crippen LogP contribution in [0.3, 0.4) is 0 Å². The zero-order valence-corrected chi connectivity index (χ0v) is 22.1. The minimum Gasteiger partial charge on any atom is -0.481 e. The summed E-state index contributed by atoms with van der Waals surface area (Å²) in [4.78, 5) is 41.4. The van der Waals surface area contributed by atoms with E-state index in [9.17, 15) is 19.6 Å². The minimum atomic E-state index is -0.916. The van der Waals surface area contributed by atoms with Crippen LogP contribution in [0.25, 0.3) is 6.08 Å². The quantitative estimate of drug-likeness (QED) is 0.386. The van der Waals surface area contributed by atoms with E-state index in [4.69, 9.17) is 17.3 Å². The molecule has 2 fully saturated rings. The number of hydrogen-bond donors (Lipinski definition) is 1. The summed E-state index contributed by atoms with van der Waals surface area (Å²) in [7, 11) is 0. The second-order valence-electron chi connectivity index (χ2n) is 9.16. The van der Waals surface area contributed by atoms with Crippen LogP contribution in [0, 0.1) is 24.2 Å². The van der Waals surface area contributed by atoms with Crippen molar-refractivity contribution in [1.29, 1.82) is 5.26 Å².